The van der Waals surface area contributed by atoms with E-state index >= 15 is 0 Å². The van der Waals surface area contributed by atoms with Gasteiger partial charge in [-0.2, -0.15) is 0 Å². The minimum atomic E-state index is 0.192. The molecule has 0 fully saturated rings. The molecule has 80 valence electrons. The van der Waals surface area contributed by atoms with Crippen molar-refractivity contribution in [1.82, 2.24) is 4.90 Å². The highest BCUT2D eigenvalue weighted by atomic mass is 32.2. The third-order valence-electron chi connectivity index (χ3n) is 2.52. The normalized spacial score (nSPS) is 16.1. The van der Waals surface area contributed by atoms with Crippen LogP contribution in [0.2, 0.25) is 0 Å². The van der Waals surface area contributed by atoms with Gasteiger partial charge in [0.1, 0.15) is 0 Å². The van der Waals surface area contributed by atoms with Crippen molar-refractivity contribution >= 4 is 17.7 Å². The standard InChI is InChI=1S/C12H15NOS/c1-2-7-13-8-9-15-11-6-4-3-5-10(11)12(13)14/h3-6H,2,7-9H2,1H3. The summed E-state index contributed by atoms with van der Waals surface area (Å²) in [5.74, 6) is 1.19. The summed E-state index contributed by atoms with van der Waals surface area (Å²) in [5, 5.41) is 0. The molecule has 0 radical (unpaired) electrons. The van der Waals surface area contributed by atoms with Gasteiger partial charge in [0.15, 0.2) is 0 Å². The number of rotatable bonds is 2. The van der Waals surface area contributed by atoms with Gasteiger partial charge < -0.3 is 4.90 Å². The van der Waals surface area contributed by atoms with E-state index in [4.69, 9.17) is 0 Å². The van der Waals surface area contributed by atoms with E-state index in [9.17, 15) is 4.79 Å². The zero-order valence-electron chi connectivity index (χ0n) is 8.90. The van der Waals surface area contributed by atoms with E-state index in [1.807, 2.05) is 29.2 Å². The molecule has 2 nitrogen and oxygen atoms in total. The van der Waals surface area contributed by atoms with E-state index in [2.05, 4.69) is 6.92 Å². The highest BCUT2D eigenvalue weighted by Crippen LogP contribution is 2.26. The fourth-order valence-electron chi connectivity index (χ4n) is 1.79. The lowest BCUT2D eigenvalue weighted by Gasteiger charge is -2.19. The number of carbonyl (C=O) groups excluding carboxylic acids is 1. The molecule has 0 saturated carbocycles. The average molecular weight is 221 g/mol. The first-order valence-corrected chi connectivity index (χ1v) is 6.32. The Hall–Kier alpha value is -0.960. The van der Waals surface area contributed by atoms with E-state index in [1.165, 1.54) is 0 Å². The zero-order valence-corrected chi connectivity index (χ0v) is 9.72. The van der Waals surface area contributed by atoms with Crippen LogP contribution in [0.1, 0.15) is 23.7 Å². The molecule has 0 atom stereocenters. The largest absolute Gasteiger partial charge is 0.338 e. The number of fused-ring (bicyclic) bond motifs is 1. The zero-order chi connectivity index (χ0) is 10.7. The van der Waals surface area contributed by atoms with E-state index < -0.39 is 0 Å². The van der Waals surface area contributed by atoms with E-state index in [0.29, 0.717) is 0 Å². The molecule has 0 spiro atoms. The first kappa shape index (κ1) is 10.6. The van der Waals surface area contributed by atoms with Crippen molar-refractivity contribution < 1.29 is 4.79 Å². The van der Waals surface area contributed by atoms with Gasteiger partial charge in [-0.25, -0.2) is 0 Å². The number of hydrogen-bond donors (Lipinski definition) is 0. The second-order valence-corrected chi connectivity index (χ2v) is 4.77. The van der Waals surface area contributed by atoms with Gasteiger partial charge in [0, 0.05) is 23.7 Å². The van der Waals surface area contributed by atoms with Crippen LogP contribution >= 0.6 is 11.8 Å². The molecular weight excluding hydrogens is 206 g/mol. The number of hydrogen-bond acceptors (Lipinski definition) is 2. The van der Waals surface area contributed by atoms with E-state index in [0.717, 1.165) is 35.7 Å². The number of benzene rings is 1. The molecule has 1 aliphatic heterocycles. The first-order valence-electron chi connectivity index (χ1n) is 5.34. The predicted molar refractivity (Wildman–Crippen MR) is 63.4 cm³/mol. The second kappa shape index (κ2) is 4.71. The summed E-state index contributed by atoms with van der Waals surface area (Å²) in [6, 6.07) is 7.90. The molecule has 0 aromatic heterocycles. The maximum atomic E-state index is 12.1. The fourth-order valence-corrected chi connectivity index (χ4v) is 2.81. The molecule has 0 unspecified atom stereocenters. The van der Waals surface area contributed by atoms with Gasteiger partial charge >= 0.3 is 0 Å². The van der Waals surface area contributed by atoms with Crippen LogP contribution < -0.4 is 0 Å². The highest BCUT2D eigenvalue weighted by molar-refractivity contribution is 7.99. The molecule has 1 aliphatic rings. The molecule has 0 saturated heterocycles. The van der Waals surface area contributed by atoms with Gasteiger partial charge in [0.25, 0.3) is 5.91 Å². The predicted octanol–water partition coefficient (Wildman–Crippen LogP) is 2.64. The molecule has 2 rings (SSSR count). The van der Waals surface area contributed by atoms with Crippen molar-refractivity contribution in [3.63, 3.8) is 0 Å². The lowest BCUT2D eigenvalue weighted by atomic mass is 10.2. The Morgan fingerprint density at radius 2 is 2.20 bits per heavy atom. The quantitative estimate of drug-likeness (QED) is 0.765. The molecule has 1 heterocycles. The Labute approximate surface area is 94.7 Å². The van der Waals surface area contributed by atoms with Gasteiger partial charge in [-0.15, -0.1) is 11.8 Å². The van der Waals surface area contributed by atoms with Crippen molar-refractivity contribution in [2.24, 2.45) is 0 Å². The topological polar surface area (TPSA) is 20.3 Å². The molecular formula is C12H15NOS. The Balaban J connectivity index is 2.30. The van der Waals surface area contributed by atoms with Crippen LogP contribution in [-0.2, 0) is 0 Å². The summed E-state index contributed by atoms with van der Waals surface area (Å²) < 4.78 is 0. The molecule has 0 N–H and O–H groups in total. The first-order chi connectivity index (χ1) is 7.33. The van der Waals surface area contributed by atoms with Crippen LogP contribution in [0.25, 0.3) is 0 Å². The van der Waals surface area contributed by atoms with Crippen molar-refractivity contribution in [1.29, 1.82) is 0 Å². The van der Waals surface area contributed by atoms with Crippen LogP contribution in [0, 0.1) is 0 Å². The van der Waals surface area contributed by atoms with Gasteiger partial charge in [-0.05, 0) is 18.6 Å². The monoisotopic (exact) mass is 221 g/mol. The smallest absolute Gasteiger partial charge is 0.255 e. The molecule has 0 aliphatic carbocycles. The van der Waals surface area contributed by atoms with Gasteiger partial charge in [-0.1, -0.05) is 19.1 Å². The molecule has 1 aromatic carbocycles. The summed E-state index contributed by atoms with van der Waals surface area (Å²) in [5.41, 5.74) is 0.869. The summed E-state index contributed by atoms with van der Waals surface area (Å²) in [6.07, 6.45) is 1.03. The molecule has 1 aromatic rings. The molecule has 15 heavy (non-hydrogen) atoms. The van der Waals surface area contributed by atoms with E-state index in [1.54, 1.807) is 11.8 Å². The van der Waals surface area contributed by atoms with Gasteiger partial charge in [0.05, 0.1) is 5.56 Å². The van der Waals surface area contributed by atoms with Crippen LogP contribution in [0.15, 0.2) is 29.2 Å². The molecule has 1 amide bonds. The number of carbonyl (C=O) groups is 1. The molecule has 0 bridgehead atoms. The highest BCUT2D eigenvalue weighted by Gasteiger charge is 2.21. The minimum Gasteiger partial charge on any atom is -0.338 e. The van der Waals surface area contributed by atoms with Crippen molar-refractivity contribution in [3.05, 3.63) is 29.8 Å². The van der Waals surface area contributed by atoms with Crippen molar-refractivity contribution in [2.75, 3.05) is 18.8 Å². The summed E-state index contributed by atoms with van der Waals surface area (Å²) in [4.78, 5) is 15.2. The van der Waals surface area contributed by atoms with Crippen LogP contribution in [0.3, 0.4) is 0 Å². The fraction of sp³-hybridized carbons (Fsp3) is 0.417. The summed E-state index contributed by atoms with van der Waals surface area (Å²) in [7, 11) is 0. The summed E-state index contributed by atoms with van der Waals surface area (Å²) in [6.45, 7) is 3.84. The second-order valence-electron chi connectivity index (χ2n) is 3.64. The van der Waals surface area contributed by atoms with Crippen LogP contribution in [-0.4, -0.2) is 29.6 Å². The Morgan fingerprint density at radius 1 is 1.40 bits per heavy atom. The maximum absolute atomic E-state index is 12.1. The van der Waals surface area contributed by atoms with E-state index in [-0.39, 0.29) is 5.91 Å². The third kappa shape index (κ3) is 2.17. The molecule has 3 heteroatoms. The minimum absolute atomic E-state index is 0.192. The maximum Gasteiger partial charge on any atom is 0.255 e. The van der Waals surface area contributed by atoms with Gasteiger partial charge in [-0.3, -0.25) is 4.79 Å². The Kier molecular flexibility index (Phi) is 3.31. The summed E-state index contributed by atoms with van der Waals surface area (Å²) >= 11 is 1.78. The van der Waals surface area contributed by atoms with Crippen molar-refractivity contribution in [2.45, 2.75) is 18.2 Å². The Bertz CT molecular complexity index is 364. The lowest BCUT2D eigenvalue weighted by molar-refractivity contribution is 0.0765. The van der Waals surface area contributed by atoms with Crippen LogP contribution in [0.5, 0.6) is 0 Å². The number of amides is 1. The lowest BCUT2D eigenvalue weighted by Crippen LogP contribution is -2.32. The van der Waals surface area contributed by atoms with Crippen LogP contribution in [0.4, 0.5) is 0 Å². The SMILES string of the molecule is CCCN1CCSc2ccccc2C1=O. The van der Waals surface area contributed by atoms with Gasteiger partial charge in [0.2, 0.25) is 0 Å². The number of thioether (sulfide) groups is 1. The average Bonchev–Trinajstić information content (AvgIpc) is 2.41. The third-order valence-corrected chi connectivity index (χ3v) is 3.57. The number of nitrogens with zero attached hydrogens (tertiary/aromatic N) is 1. The van der Waals surface area contributed by atoms with Crippen molar-refractivity contribution in [3.8, 4) is 0 Å². The Morgan fingerprint density at radius 3 is 3.00 bits per heavy atom.